The summed E-state index contributed by atoms with van der Waals surface area (Å²) in [6, 6.07) is 8.03. The van der Waals surface area contributed by atoms with Crippen molar-refractivity contribution in [2.24, 2.45) is 33.7 Å². The van der Waals surface area contributed by atoms with E-state index in [0.717, 1.165) is 48.0 Å². The van der Waals surface area contributed by atoms with Crippen LogP contribution in [-0.2, 0) is 6.42 Å². The fourth-order valence-corrected chi connectivity index (χ4v) is 8.89. The minimum absolute atomic E-state index is 0.0946. The molecule has 1 aromatic carbocycles. The molecule has 6 heteroatoms. The normalized spacial score (nSPS) is 35.8. The number of nitrogens with one attached hydrogen (secondary N) is 1. The third kappa shape index (κ3) is 3.09. The predicted octanol–water partition coefficient (Wildman–Crippen LogP) is 6.91. The monoisotopic (exact) mass is 463 g/mol. The zero-order chi connectivity index (χ0) is 22.8. The Morgan fingerprint density at radius 2 is 1.88 bits per heavy atom. The second-order valence-electron chi connectivity index (χ2n) is 10.8. The van der Waals surface area contributed by atoms with Crippen LogP contribution < -0.4 is 10.1 Å². The number of benzene rings is 1. The quantitative estimate of drug-likeness (QED) is 0.383. The third-order valence-corrected chi connectivity index (χ3v) is 10.5. The number of anilines is 2. The number of aryl methyl sites for hydroxylation is 1. The topological polar surface area (TPSA) is 66.7 Å². The van der Waals surface area contributed by atoms with Gasteiger partial charge in [-0.3, -0.25) is 0 Å². The first-order valence-corrected chi connectivity index (χ1v) is 13.1. The molecule has 2 aromatic rings. The van der Waals surface area contributed by atoms with Crippen molar-refractivity contribution >= 4 is 33.4 Å². The molecule has 174 valence electrons. The summed E-state index contributed by atoms with van der Waals surface area (Å²) in [7, 11) is 1.69. The Kier molecular flexibility index (Phi) is 4.88. The summed E-state index contributed by atoms with van der Waals surface area (Å²) >= 11 is 1.81. The molecular weight excluding hydrogens is 430 g/mol. The van der Waals surface area contributed by atoms with E-state index in [9.17, 15) is 5.21 Å². The number of oxime groups is 1. The van der Waals surface area contributed by atoms with Crippen LogP contribution in [0, 0.1) is 28.6 Å². The highest BCUT2D eigenvalue weighted by atomic mass is 32.1. The standard InChI is InChI=1S/C27H33N3O2S/c1-26-15-13-22-24(33-25(29-22)28-16-4-6-17(32-3)7-5-16)21(26)9-8-18-19-10-11-23(30-31)27(19,2)14-12-20(18)26/h4-7,9,18-20,31H,8,10-15H2,1-3H3,(H,28,29)/b30-23+/t18-,19-,20-,26+,27-/m0/s1. The van der Waals surface area contributed by atoms with Gasteiger partial charge in [0.25, 0.3) is 0 Å². The molecule has 4 aliphatic carbocycles. The molecule has 1 aromatic heterocycles. The summed E-state index contributed by atoms with van der Waals surface area (Å²) in [5, 5.41) is 17.8. The molecular formula is C27H33N3O2S. The van der Waals surface area contributed by atoms with Gasteiger partial charge in [-0.05, 0) is 98.0 Å². The molecule has 1 heterocycles. The molecule has 0 unspecified atom stereocenters. The molecule has 0 spiro atoms. The summed E-state index contributed by atoms with van der Waals surface area (Å²) in [6.45, 7) is 4.88. The Morgan fingerprint density at radius 1 is 1.09 bits per heavy atom. The molecule has 4 aliphatic rings. The van der Waals surface area contributed by atoms with Gasteiger partial charge in [-0.25, -0.2) is 4.98 Å². The molecule has 33 heavy (non-hydrogen) atoms. The lowest BCUT2D eigenvalue weighted by Crippen LogP contribution is -2.49. The first-order chi connectivity index (χ1) is 16.0. The number of fused-ring (bicyclic) bond motifs is 7. The Balaban J connectivity index is 1.30. The zero-order valence-electron chi connectivity index (χ0n) is 19.7. The maximum Gasteiger partial charge on any atom is 0.187 e. The van der Waals surface area contributed by atoms with Crippen molar-refractivity contribution in [2.75, 3.05) is 12.4 Å². The fourth-order valence-electron chi connectivity index (χ4n) is 7.68. The van der Waals surface area contributed by atoms with Gasteiger partial charge in [0.2, 0.25) is 0 Å². The summed E-state index contributed by atoms with van der Waals surface area (Å²) in [4.78, 5) is 6.39. The van der Waals surface area contributed by atoms with Crippen molar-refractivity contribution in [3.05, 3.63) is 40.9 Å². The van der Waals surface area contributed by atoms with Crippen molar-refractivity contribution in [3.8, 4) is 5.75 Å². The van der Waals surface area contributed by atoms with Crippen LogP contribution in [0.2, 0.25) is 0 Å². The summed E-state index contributed by atoms with van der Waals surface area (Å²) < 4.78 is 5.28. The summed E-state index contributed by atoms with van der Waals surface area (Å²) in [5.41, 5.74) is 5.21. The molecule has 2 fully saturated rings. The second kappa shape index (κ2) is 7.59. The van der Waals surface area contributed by atoms with Gasteiger partial charge in [0.05, 0.1) is 23.4 Å². The van der Waals surface area contributed by atoms with Crippen LogP contribution in [-0.4, -0.2) is 23.0 Å². The Bertz CT molecular complexity index is 1140. The Morgan fingerprint density at radius 3 is 2.64 bits per heavy atom. The fraction of sp³-hybridized carbons (Fsp3) is 0.556. The first kappa shape index (κ1) is 21.2. The van der Waals surface area contributed by atoms with Crippen molar-refractivity contribution in [3.63, 3.8) is 0 Å². The van der Waals surface area contributed by atoms with E-state index in [1.54, 1.807) is 12.7 Å². The van der Waals surface area contributed by atoms with Gasteiger partial charge in [0.1, 0.15) is 5.75 Å². The van der Waals surface area contributed by atoms with Crippen LogP contribution in [0.25, 0.3) is 5.57 Å². The number of ether oxygens (including phenoxy) is 1. The lowest BCUT2D eigenvalue weighted by Gasteiger charge is -2.56. The number of hydrogen-bond donors (Lipinski definition) is 2. The molecule has 0 saturated heterocycles. The van der Waals surface area contributed by atoms with Crippen LogP contribution in [0.5, 0.6) is 5.75 Å². The molecule has 0 aliphatic heterocycles. The second-order valence-corrected chi connectivity index (χ2v) is 11.8. The van der Waals surface area contributed by atoms with E-state index < -0.39 is 0 Å². The van der Waals surface area contributed by atoms with Crippen LogP contribution >= 0.6 is 11.3 Å². The number of methoxy groups -OCH3 is 1. The van der Waals surface area contributed by atoms with Crippen molar-refractivity contribution in [2.45, 2.75) is 58.8 Å². The lowest BCUT2D eigenvalue weighted by atomic mass is 9.48. The molecule has 6 rings (SSSR count). The van der Waals surface area contributed by atoms with Crippen LogP contribution in [0.1, 0.15) is 62.9 Å². The largest absolute Gasteiger partial charge is 0.497 e. The van der Waals surface area contributed by atoms with Gasteiger partial charge in [0.15, 0.2) is 5.13 Å². The van der Waals surface area contributed by atoms with Crippen LogP contribution in [0.15, 0.2) is 35.5 Å². The van der Waals surface area contributed by atoms with Crippen LogP contribution in [0.4, 0.5) is 10.8 Å². The van der Waals surface area contributed by atoms with Gasteiger partial charge >= 0.3 is 0 Å². The maximum absolute atomic E-state index is 9.61. The molecule has 2 saturated carbocycles. The van der Waals surface area contributed by atoms with E-state index in [0.29, 0.717) is 17.8 Å². The van der Waals surface area contributed by atoms with Gasteiger partial charge in [0, 0.05) is 11.1 Å². The van der Waals surface area contributed by atoms with E-state index in [-0.39, 0.29) is 10.8 Å². The highest BCUT2D eigenvalue weighted by Crippen LogP contribution is 2.65. The predicted molar refractivity (Wildman–Crippen MR) is 134 cm³/mol. The average Bonchev–Trinajstić information content (AvgIpc) is 3.39. The van der Waals surface area contributed by atoms with E-state index >= 15 is 0 Å². The van der Waals surface area contributed by atoms with Gasteiger partial charge in [-0.1, -0.05) is 36.4 Å². The number of nitrogens with zero attached hydrogens (tertiary/aromatic N) is 2. The maximum atomic E-state index is 9.61. The number of hydrogen-bond acceptors (Lipinski definition) is 6. The van der Waals surface area contributed by atoms with Gasteiger partial charge in [-0.2, -0.15) is 0 Å². The number of aromatic nitrogens is 1. The van der Waals surface area contributed by atoms with Crippen molar-refractivity contribution < 1.29 is 9.94 Å². The lowest BCUT2D eigenvalue weighted by molar-refractivity contribution is 0.0110. The number of rotatable bonds is 3. The molecule has 0 amide bonds. The van der Waals surface area contributed by atoms with E-state index in [1.807, 2.05) is 35.6 Å². The minimum atomic E-state index is 0.0946. The smallest absolute Gasteiger partial charge is 0.187 e. The Hall–Kier alpha value is -2.34. The summed E-state index contributed by atoms with van der Waals surface area (Å²) in [5.74, 6) is 2.91. The number of allylic oxidation sites excluding steroid dienone is 2. The number of thiazole rings is 1. The van der Waals surface area contributed by atoms with E-state index in [1.165, 1.54) is 29.8 Å². The summed E-state index contributed by atoms with van der Waals surface area (Å²) in [6.07, 6.45) is 10.5. The molecule has 2 N–H and O–H groups in total. The van der Waals surface area contributed by atoms with Crippen LogP contribution in [0.3, 0.4) is 0 Å². The van der Waals surface area contributed by atoms with Crippen molar-refractivity contribution in [1.29, 1.82) is 0 Å². The minimum Gasteiger partial charge on any atom is -0.497 e. The molecule has 0 radical (unpaired) electrons. The highest BCUT2D eigenvalue weighted by Gasteiger charge is 2.58. The SMILES string of the molecule is COc1ccc(Nc2nc3c(s2)C2=CC[C@@H]4[C@H](CC[C@]5(C)/C(=N/O)CC[C@@H]45)[C@@]2(C)CC3)cc1. The van der Waals surface area contributed by atoms with Gasteiger partial charge in [-0.15, -0.1) is 0 Å². The molecule has 5 atom stereocenters. The van der Waals surface area contributed by atoms with Gasteiger partial charge < -0.3 is 15.3 Å². The van der Waals surface area contributed by atoms with E-state index in [4.69, 9.17) is 9.72 Å². The molecule has 0 bridgehead atoms. The zero-order valence-corrected chi connectivity index (χ0v) is 20.5. The highest BCUT2D eigenvalue weighted by molar-refractivity contribution is 7.16. The van der Waals surface area contributed by atoms with E-state index in [2.05, 4.69) is 30.4 Å². The third-order valence-electron chi connectivity index (χ3n) is 9.49. The first-order valence-electron chi connectivity index (χ1n) is 12.3. The van der Waals surface area contributed by atoms with Crippen molar-refractivity contribution in [1.82, 2.24) is 4.98 Å². The molecule has 5 nitrogen and oxygen atoms in total. The Labute approximate surface area is 200 Å². The average molecular weight is 464 g/mol.